The lowest BCUT2D eigenvalue weighted by atomic mass is 9.80. The highest BCUT2D eigenvalue weighted by molar-refractivity contribution is 5.95. The maximum absolute atomic E-state index is 11.7. The van der Waals surface area contributed by atoms with Crippen LogP contribution in [-0.2, 0) is 9.53 Å². The normalized spacial score (nSPS) is 22.2. The van der Waals surface area contributed by atoms with Crippen LogP contribution in [0.4, 0.5) is 4.79 Å². The lowest BCUT2D eigenvalue weighted by Gasteiger charge is -2.26. The molecular formula is C10H15NO3. The van der Waals surface area contributed by atoms with Gasteiger partial charge in [0.1, 0.15) is 6.61 Å². The van der Waals surface area contributed by atoms with Crippen LogP contribution in [0.1, 0.15) is 20.8 Å². The molecule has 4 nitrogen and oxygen atoms in total. The van der Waals surface area contributed by atoms with Gasteiger partial charge in [-0.3, -0.25) is 4.79 Å². The van der Waals surface area contributed by atoms with Crippen LogP contribution in [0.15, 0.2) is 12.2 Å². The van der Waals surface area contributed by atoms with Gasteiger partial charge in [0, 0.05) is 0 Å². The lowest BCUT2D eigenvalue weighted by Crippen LogP contribution is -2.44. The van der Waals surface area contributed by atoms with Crippen molar-refractivity contribution in [2.45, 2.75) is 26.8 Å². The van der Waals surface area contributed by atoms with E-state index in [1.54, 1.807) is 26.8 Å². The van der Waals surface area contributed by atoms with Crippen LogP contribution < -0.4 is 5.32 Å². The van der Waals surface area contributed by atoms with E-state index in [-0.39, 0.29) is 18.4 Å². The molecule has 0 aromatic heterocycles. The predicted octanol–water partition coefficient (Wildman–Crippen LogP) is 1.27. The van der Waals surface area contributed by atoms with Crippen molar-refractivity contribution < 1.29 is 14.3 Å². The van der Waals surface area contributed by atoms with E-state index < -0.39 is 11.5 Å². The van der Waals surface area contributed by atoms with Crippen molar-refractivity contribution >= 4 is 11.9 Å². The summed E-state index contributed by atoms with van der Waals surface area (Å²) in [6.07, 6.45) is 2.77. The molecule has 14 heavy (non-hydrogen) atoms. The van der Waals surface area contributed by atoms with Crippen molar-refractivity contribution in [3.63, 3.8) is 0 Å². The molecule has 1 aliphatic rings. The van der Waals surface area contributed by atoms with Gasteiger partial charge in [-0.15, -0.1) is 0 Å². The number of rotatable bonds is 3. The molecule has 78 valence electrons. The molecule has 1 heterocycles. The zero-order chi connectivity index (χ0) is 10.8. The van der Waals surface area contributed by atoms with Gasteiger partial charge in [0.15, 0.2) is 5.78 Å². The van der Waals surface area contributed by atoms with E-state index in [0.29, 0.717) is 0 Å². The lowest BCUT2D eigenvalue weighted by molar-refractivity contribution is -0.123. The van der Waals surface area contributed by atoms with Gasteiger partial charge in [-0.25, -0.2) is 4.79 Å². The van der Waals surface area contributed by atoms with E-state index in [9.17, 15) is 9.59 Å². The van der Waals surface area contributed by atoms with Crippen LogP contribution >= 0.6 is 0 Å². The van der Waals surface area contributed by atoms with Crippen LogP contribution in [0.25, 0.3) is 0 Å². The monoisotopic (exact) mass is 197 g/mol. The van der Waals surface area contributed by atoms with E-state index in [4.69, 9.17) is 4.74 Å². The molecule has 1 fully saturated rings. The Morgan fingerprint density at radius 2 is 2.29 bits per heavy atom. The third-order valence-corrected chi connectivity index (χ3v) is 2.50. The first-order chi connectivity index (χ1) is 6.48. The Labute approximate surface area is 83.3 Å². The summed E-state index contributed by atoms with van der Waals surface area (Å²) < 4.78 is 4.75. The first-order valence-electron chi connectivity index (χ1n) is 4.59. The standard InChI is InChI=1S/C10H15NO3/c1-4-5-8(12)10(2,3)7-6-14-9(13)11-7/h4-5,7H,6H2,1-3H3,(H,11,13)/b5-4+/t7-/m0/s1. The van der Waals surface area contributed by atoms with Gasteiger partial charge in [-0.2, -0.15) is 0 Å². The van der Waals surface area contributed by atoms with Gasteiger partial charge in [0.25, 0.3) is 0 Å². The molecule has 0 spiro atoms. The van der Waals surface area contributed by atoms with Crippen LogP contribution in [0, 0.1) is 5.41 Å². The molecule has 0 aromatic rings. The molecule has 1 rings (SSSR count). The van der Waals surface area contributed by atoms with Crippen LogP contribution in [0.5, 0.6) is 0 Å². The quantitative estimate of drug-likeness (QED) is 0.693. The first kappa shape index (κ1) is 10.8. The smallest absolute Gasteiger partial charge is 0.407 e. The van der Waals surface area contributed by atoms with E-state index in [2.05, 4.69) is 5.32 Å². The van der Waals surface area contributed by atoms with Crippen molar-refractivity contribution in [2.75, 3.05) is 6.61 Å². The first-order valence-corrected chi connectivity index (χ1v) is 4.59. The molecule has 1 atom stereocenters. The van der Waals surface area contributed by atoms with Crippen molar-refractivity contribution in [1.29, 1.82) is 0 Å². The summed E-state index contributed by atoms with van der Waals surface area (Å²) >= 11 is 0. The highest BCUT2D eigenvalue weighted by Gasteiger charge is 2.40. The van der Waals surface area contributed by atoms with E-state index in [0.717, 1.165) is 0 Å². The number of hydrogen-bond donors (Lipinski definition) is 1. The minimum atomic E-state index is -0.612. The average molecular weight is 197 g/mol. The number of allylic oxidation sites excluding steroid dienone is 2. The Kier molecular flexibility index (Phi) is 2.93. The van der Waals surface area contributed by atoms with Crippen LogP contribution in [-0.4, -0.2) is 24.5 Å². The predicted molar refractivity (Wildman–Crippen MR) is 51.9 cm³/mol. The molecular weight excluding hydrogens is 182 g/mol. The maximum atomic E-state index is 11.7. The summed E-state index contributed by atoms with van der Waals surface area (Å²) in [6.45, 7) is 5.65. The van der Waals surface area contributed by atoms with Gasteiger partial charge in [-0.05, 0) is 13.0 Å². The highest BCUT2D eigenvalue weighted by atomic mass is 16.6. The van der Waals surface area contributed by atoms with Gasteiger partial charge in [0.2, 0.25) is 0 Å². The SMILES string of the molecule is C/C=C/C(=O)C(C)(C)[C@@H]1COC(=O)N1. The molecule has 0 radical (unpaired) electrons. The summed E-state index contributed by atoms with van der Waals surface area (Å²) in [5.74, 6) is -0.00389. The number of ether oxygens (including phenoxy) is 1. The molecule has 0 aliphatic carbocycles. The van der Waals surface area contributed by atoms with Crippen molar-refractivity contribution in [3.8, 4) is 0 Å². The van der Waals surface area contributed by atoms with Gasteiger partial charge in [0.05, 0.1) is 11.5 Å². The number of alkyl carbamates (subject to hydrolysis) is 1. The van der Waals surface area contributed by atoms with E-state index >= 15 is 0 Å². The van der Waals surface area contributed by atoms with Crippen molar-refractivity contribution in [1.82, 2.24) is 5.32 Å². The minimum absolute atomic E-state index is 0.00389. The zero-order valence-corrected chi connectivity index (χ0v) is 8.66. The zero-order valence-electron chi connectivity index (χ0n) is 8.66. The molecule has 4 heteroatoms. The Balaban J connectivity index is 2.74. The number of nitrogens with one attached hydrogen (secondary N) is 1. The molecule has 0 aromatic carbocycles. The molecule has 0 unspecified atom stereocenters. The average Bonchev–Trinajstić information content (AvgIpc) is 2.52. The third-order valence-electron chi connectivity index (χ3n) is 2.50. The summed E-state index contributed by atoms with van der Waals surface area (Å²) in [6, 6.07) is -0.237. The van der Waals surface area contributed by atoms with Crippen LogP contribution in [0.3, 0.4) is 0 Å². The molecule has 0 bridgehead atoms. The Morgan fingerprint density at radius 3 is 2.71 bits per heavy atom. The largest absolute Gasteiger partial charge is 0.447 e. The summed E-state index contributed by atoms with van der Waals surface area (Å²) in [7, 11) is 0. The molecule has 0 saturated carbocycles. The van der Waals surface area contributed by atoms with E-state index in [1.165, 1.54) is 6.08 Å². The minimum Gasteiger partial charge on any atom is -0.447 e. The number of hydrogen-bond acceptors (Lipinski definition) is 3. The van der Waals surface area contributed by atoms with Crippen molar-refractivity contribution in [2.24, 2.45) is 5.41 Å². The Hall–Kier alpha value is -1.32. The second kappa shape index (κ2) is 3.82. The number of amides is 1. The summed E-state index contributed by atoms with van der Waals surface area (Å²) in [5.41, 5.74) is -0.612. The fourth-order valence-corrected chi connectivity index (χ4v) is 1.31. The molecule has 1 N–H and O–H groups in total. The molecule has 1 aliphatic heterocycles. The van der Waals surface area contributed by atoms with Gasteiger partial charge >= 0.3 is 6.09 Å². The Morgan fingerprint density at radius 1 is 1.64 bits per heavy atom. The Bertz CT molecular complexity index is 281. The number of ketones is 1. The molecule has 1 amide bonds. The van der Waals surface area contributed by atoms with Crippen LogP contribution in [0.2, 0.25) is 0 Å². The van der Waals surface area contributed by atoms with Crippen molar-refractivity contribution in [3.05, 3.63) is 12.2 Å². The highest BCUT2D eigenvalue weighted by Crippen LogP contribution is 2.25. The van der Waals surface area contributed by atoms with Gasteiger partial charge in [-0.1, -0.05) is 19.9 Å². The summed E-state index contributed by atoms with van der Waals surface area (Å²) in [5, 5.41) is 2.62. The fourth-order valence-electron chi connectivity index (χ4n) is 1.31. The second-order valence-corrected chi connectivity index (χ2v) is 3.88. The topological polar surface area (TPSA) is 55.4 Å². The fraction of sp³-hybridized carbons (Fsp3) is 0.600. The number of carbonyl (C=O) groups excluding carboxylic acids is 2. The summed E-state index contributed by atoms with van der Waals surface area (Å²) in [4.78, 5) is 22.5. The maximum Gasteiger partial charge on any atom is 0.407 e. The number of carbonyl (C=O) groups is 2. The second-order valence-electron chi connectivity index (χ2n) is 3.88. The van der Waals surface area contributed by atoms with E-state index in [1.807, 2.05) is 0 Å². The third kappa shape index (κ3) is 1.95. The number of cyclic esters (lactones) is 1. The van der Waals surface area contributed by atoms with Gasteiger partial charge < -0.3 is 10.1 Å². The molecule has 1 saturated heterocycles.